The lowest BCUT2D eigenvalue weighted by Gasteiger charge is -2.05. The molecule has 9 nitrogen and oxygen atoms in total. The third kappa shape index (κ3) is 5.92. The number of carboxylic acid groups (broad SMARTS) is 1. The predicted molar refractivity (Wildman–Crippen MR) is 73.0 cm³/mol. The van der Waals surface area contributed by atoms with Crippen LogP contribution in [0.5, 0.6) is 0 Å². The molecule has 0 radical (unpaired) electrons. The Labute approximate surface area is 122 Å². The molecule has 1 aromatic heterocycles. The van der Waals surface area contributed by atoms with Crippen molar-refractivity contribution < 1.29 is 23.1 Å². The fourth-order valence-electron chi connectivity index (χ4n) is 1.39. The molecule has 1 rings (SSSR count). The van der Waals surface area contributed by atoms with Crippen LogP contribution in [-0.2, 0) is 26.2 Å². The molecule has 21 heavy (non-hydrogen) atoms. The topological polar surface area (TPSA) is 130 Å². The summed E-state index contributed by atoms with van der Waals surface area (Å²) in [5.41, 5.74) is 0. The van der Waals surface area contributed by atoms with Gasteiger partial charge in [0.1, 0.15) is 4.90 Å². The summed E-state index contributed by atoms with van der Waals surface area (Å²) in [6, 6.07) is 0. The minimum Gasteiger partial charge on any atom is -0.481 e. The van der Waals surface area contributed by atoms with Crippen LogP contribution in [0, 0.1) is 0 Å². The number of rotatable bonds is 9. The normalized spacial score (nSPS) is 11.3. The maximum atomic E-state index is 11.9. The van der Waals surface area contributed by atoms with Crippen molar-refractivity contribution in [3.05, 3.63) is 12.4 Å². The van der Waals surface area contributed by atoms with Gasteiger partial charge in [-0.1, -0.05) is 6.92 Å². The van der Waals surface area contributed by atoms with E-state index in [0.717, 1.165) is 12.6 Å². The molecule has 1 amide bonds. The van der Waals surface area contributed by atoms with Gasteiger partial charge in [-0.05, 0) is 6.42 Å². The Morgan fingerprint density at radius 1 is 1.43 bits per heavy atom. The van der Waals surface area contributed by atoms with Gasteiger partial charge in [0.2, 0.25) is 15.9 Å². The van der Waals surface area contributed by atoms with Gasteiger partial charge in [0, 0.05) is 12.7 Å². The molecule has 0 atom stereocenters. The summed E-state index contributed by atoms with van der Waals surface area (Å²) in [5, 5.41) is 14.8. The summed E-state index contributed by atoms with van der Waals surface area (Å²) >= 11 is 0. The second kappa shape index (κ2) is 7.74. The van der Waals surface area contributed by atoms with E-state index in [4.69, 9.17) is 5.11 Å². The fraction of sp³-hybridized carbons (Fsp3) is 0.545. The minimum atomic E-state index is -3.84. The molecule has 0 bridgehead atoms. The van der Waals surface area contributed by atoms with Crippen LogP contribution in [0.25, 0.3) is 0 Å². The number of carboxylic acids is 1. The fourth-order valence-corrected chi connectivity index (χ4v) is 2.32. The lowest BCUT2D eigenvalue weighted by Crippen LogP contribution is -2.37. The minimum absolute atomic E-state index is 0.0713. The van der Waals surface area contributed by atoms with Crippen LogP contribution in [0.4, 0.5) is 0 Å². The van der Waals surface area contributed by atoms with E-state index in [1.54, 1.807) is 0 Å². The van der Waals surface area contributed by atoms with Gasteiger partial charge in [-0.25, -0.2) is 13.1 Å². The first kappa shape index (κ1) is 17.1. The molecule has 3 N–H and O–H groups in total. The van der Waals surface area contributed by atoms with Crippen molar-refractivity contribution in [2.24, 2.45) is 0 Å². The number of nitrogens with one attached hydrogen (secondary N) is 2. The average molecular weight is 318 g/mol. The summed E-state index contributed by atoms with van der Waals surface area (Å²) in [4.78, 5) is 21.6. The lowest BCUT2D eigenvalue weighted by atomic mass is 10.4. The van der Waals surface area contributed by atoms with E-state index in [9.17, 15) is 18.0 Å². The molecule has 0 fully saturated rings. The van der Waals surface area contributed by atoms with E-state index >= 15 is 0 Å². The van der Waals surface area contributed by atoms with Gasteiger partial charge in [-0.3, -0.25) is 14.3 Å². The standard InChI is InChI=1S/C11H18N4O5S/c1-2-4-12-10(16)7-14-21(19,20)9-6-13-15(8-9)5-3-11(17)18/h6,8,14H,2-5,7H2,1H3,(H,12,16)(H,17,18). The van der Waals surface area contributed by atoms with Crippen LogP contribution in [0.1, 0.15) is 19.8 Å². The van der Waals surface area contributed by atoms with Crippen molar-refractivity contribution in [3.63, 3.8) is 0 Å². The molecule has 0 unspecified atom stereocenters. The summed E-state index contributed by atoms with van der Waals surface area (Å²) in [6.45, 7) is 2.08. The maximum Gasteiger partial charge on any atom is 0.305 e. The van der Waals surface area contributed by atoms with Crippen molar-refractivity contribution in [1.29, 1.82) is 0 Å². The van der Waals surface area contributed by atoms with E-state index < -0.39 is 21.9 Å². The number of amides is 1. The summed E-state index contributed by atoms with van der Waals surface area (Å²) < 4.78 is 27.2. The summed E-state index contributed by atoms with van der Waals surface area (Å²) in [5.74, 6) is -1.42. The molecule has 10 heteroatoms. The zero-order valence-corrected chi connectivity index (χ0v) is 12.4. The van der Waals surface area contributed by atoms with E-state index in [-0.39, 0.29) is 24.4 Å². The highest BCUT2D eigenvalue weighted by atomic mass is 32.2. The molecule has 0 saturated heterocycles. The van der Waals surface area contributed by atoms with Gasteiger partial charge in [0.05, 0.1) is 25.7 Å². The van der Waals surface area contributed by atoms with Crippen molar-refractivity contribution in [3.8, 4) is 0 Å². The quantitative estimate of drug-likeness (QED) is 0.544. The zero-order chi connectivity index (χ0) is 15.9. The zero-order valence-electron chi connectivity index (χ0n) is 11.6. The molecule has 0 spiro atoms. The van der Waals surface area contributed by atoms with Crippen LogP contribution in [0.2, 0.25) is 0 Å². The van der Waals surface area contributed by atoms with Gasteiger partial charge < -0.3 is 10.4 Å². The molecular weight excluding hydrogens is 300 g/mol. The number of nitrogens with zero attached hydrogens (tertiary/aromatic N) is 2. The van der Waals surface area contributed by atoms with Crippen LogP contribution >= 0.6 is 0 Å². The molecule has 118 valence electrons. The Balaban J connectivity index is 2.58. The van der Waals surface area contributed by atoms with E-state index in [0.29, 0.717) is 6.54 Å². The first-order valence-electron chi connectivity index (χ1n) is 6.35. The second-order valence-corrected chi connectivity index (χ2v) is 6.02. The number of hydrogen-bond acceptors (Lipinski definition) is 5. The van der Waals surface area contributed by atoms with Crippen molar-refractivity contribution in [1.82, 2.24) is 19.8 Å². The number of aliphatic carboxylic acids is 1. The van der Waals surface area contributed by atoms with Crippen LogP contribution in [0.3, 0.4) is 0 Å². The second-order valence-electron chi connectivity index (χ2n) is 4.26. The largest absolute Gasteiger partial charge is 0.481 e. The third-order valence-electron chi connectivity index (χ3n) is 2.47. The van der Waals surface area contributed by atoms with Gasteiger partial charge in [-0.2, -0.15) is 5.10 Å². The molecule has 1 aromatic rings. The van der Waals surface area contributed by atoms with Crippen LogP contribution in [0.15, 0.2) is 17.3 Å². The number of aromatic nitrogens is 2. The average Bonchev–Trinajstić information content (AvgIpc) is 2.90. The van der Waals surface area contributed by atoms with Crippen molar-refractivity contribution in [2.45, 2.75) is 31.2 Å². The van der Waals surface area contributed by atoms with Gasteiger partial charge in [0.25, 0.3) is 0 Å². The lowest BCUT2D eigenvalue weighted by molar-refractivity contribution is -0.137. The van der Waals surface area contributed by atoms with Crippen molar-refractivity contribution in [2.75, 3.05) is 13.1 Å². The Bertz CT molecular complexity index is 596. The van der Waals surface area contributed by atoms with E-state index in [1.165, 1.54) is 10.9 Å². The molecule has 0 aromatic carbocycles. The number of carbonyl (C=O) groups excluding carboxylic acids is 1. The Kier molecular flexibility index (Phi) is 6.31. The summed E-state index contributed by atoms with van der Waals surface area (Å²) in [6.07, 6.45) is 2.92. The summed E-state index contributed by atoms with van der Waals surface area (Å²) in [7, 11) is -3.84. The Morgan fingerprint density at radius 3 is 2.76 bits per heavy atom. The highest BCUT2D eigenvalue weighted by Gasteiger charge is 2.17. The number of carbonyl (C=O) groups is 2. The highest BCUT2D eigenvalue weighted by molar-refractivity contribution is 7.89. The molecule has 0 aliphatic carbocycles. The number of hydrogen-bond donors (Lipinski definition) is 3. The Morgan fingerprint density at radius 2 is 2.14 bits per heavy atom. The molecule has 0 aliphatic rings. The molecular formula is C11H18N4O5S. The number of aryl methyl sites for hydroxylation is 1. The van der Waals surface area contributed by atoms with E-state index in [2.05, 4.69) is 15.1 Å². The first-order chi connectivity index (χ1) is 9.85. The highest BCUT2D eigenvalue weighted by Crippen LogP contribution is 2.06. The molecule has 0 saturated carbocycles. The first-order valence-corrected chi connectivity index (χ1v) is 7.84. The third-order valence-corrected chi connectivity index (χ3v) is 3.83. The van der Waals surface area contributed by atoms with Crippen LogP contribution in [-0.4, -0.2) is 48.3 Å². The SMILES string of the molecule is CCCNC(=O)CNS(=O)(=O)c1cnn(CCC(=O)O)c1. The molecule has 0 aliphatic heterocycles. The predicted octanol–water partition coefficient (Wildman–Crippen LogP) is -0.838. The van der Waals surface area contributed by atoms with Crippen molar-refractivity contribution >= 4 is 21.9 Å². The molecule has 1 heterocycles. The monoisotopic (exact) mass is 318 g/mol. The van der Waals surface area contributed by atoms with Gasteiger partial charge in [0.15, 0.2) is 0 Å². The van der Waals surface area contributed by atoms with Gasteiger partial charge >= 0.3 is 5.97 Å². The number of sulfonamides is 1. The maximum absolute atomic E-state index is 11.9. The smallest absolute Gasteiger partial charge is 0.305 e. The van der Waals surface area contributed by atoms with Crippen LogP contribution < -0.4 is 10.0 Å². The Hall–Kier alpha value is -1.94. The van der Waals surface area contributed by atoms with E-state index in [1.807, 2.05) is 6.92 Å². The van der Waals surface area contributed by atoms with Gasteiger partial charge in [-0.15, -0.1) is 0 Å².